The molecule has 25 heavy (non-hydrogen) atoms. The van der Waals surface area contributed by atoms with Crippen LogP contribution in [0.4, 0.5) is 0 Å². The van der Waals surface area contributed by atoms with E-state index in [4.69, 9.17) is 4.98 Å². The average Bonchev–Trinajstić information content (AvgIpc) is 2.69. The second-order valence-corrected chi connectivity index (χ2v) is 5.75. The van der Waals surface area contributed by atoms with Crippen LogP contribution in [0.15, 0.2) is 97.2 Å². The van der Waals surface area contributed by atoms with Crippen molar-refractivity contribution in [2.45, 2.75) is 0 Å². The van der Waals surface area contributed by atoms with Crippen LogP contribution in [0, 0.1) is 5.21 Å². The summed E-state index contributed by atoms with van der Waals surface area (Å²) in [6, 6.07) is 29.2. The Morgan fingerprint density at radius 2 is 1.08 bits per heavy atom. The van der Waals surface area contributed by atoms with Crippen LogP contribution in [-0.2, 0) is 0 Å². The molecule has 1 heterocycles. The zero-order valence-corrected chi connectivity index (χ0v) is 13.5. The van der Waals surface area contributed by atoms with Crippen molar-refractivity contribution in [3.05, 3.63) is 102 Å². The third-order valence-corrected chi connectivity index (χ3v) is 4.08. The standard InChI is InChI=1S/C22H16N2O/c25-24-16-20(17-10-4-1-5-11-17)23-21(18-12-6-2-7-13-18)22(24)19-14-8-3-9-15-19/h1-16H. The molecular formula is C22H16N2O. The second kappa shape index (κ2) is 6.57. The van der Waals surface area contributed by atoms with Crippen molar-refractivity contribution >= 4 is 0 Å². The van der Waals surface area contributed by atoms with Crippen LogP contribution in [0.1, 0.15) is 0 Å². The van der Waals surface area contributed by atoms with Gasteiger partial charge in [0.05, 0.1) is 0 Å². The van der Waals surface area contributed by atoms with E-state index in [0.717, 1.165) is 21.4 Å². The van der Waals surface area contributed by atoms with Gasteiger partial charge in [0.25, 0.3) is 0 Å². The van der Waals surface area contributed by atoms with Gasteiger partial charge in [-0.25, -0.2) is 4.98 Å². The zero-order valence-electron chi connectivity index (χ0n) is 13.5. The molecule has 0 bridgehead atoms. The molecule has 1 aromatic heterocycles. The monoisotopic (exact) mass is 324 g/mol. The summed E-state index contributed by atoms with van der Waals surface area (Å²) in [6.45, 7) is 0. The van der Waals surface area contributed by atoms with E-state index < -0.39 is 0 Å². The molecule has 3 aromatic carbocycles. The van der Waals surface area contributed by atoms with Crippen molar-refractivity contribution in [3.63, 3.8) is 0 Å². The first-order valence-corrected chi connectivity index (χ1v) is 8.13. The Kier molecular flexibility index (Phi) is 3.97. The molecule has 3 nitrogen and oxygen atoms in total. The first-order chi connectivity index (χ1) is 12.3. The minimum atomic E-state index is 0.562. The molecule has 3 heteroatoms. The minimum Gasteiger partial charge on any atom is -0.618 e. The Morgan fingerprint density at radius 1 is 0.600 bits per heavy atom. The maximum Gasteiger partial charge on any atom is 0.250 e. The second-order valence-electron chi connectivity index (χ2n) is 5.75. The van der Waals surface area contributed by atoms with Crippen molar-refractivity contribution in [2.24, 2.45) is 0 Å². The van der Waals surface area contributed by atoms with E-state index in [1.807, 2.05) is 91.0 Å². The smallest absolute Gasteiger partial charge is 0.250 e. The van der Waals surface area contributed by atoms with Crippen LogP contribution >= 0.6 is 0 Å². The Morgan fingerprint density at radius 3 is 1.64 bits per heavy atom. The fourth-order valence-electron chi connectivity index (χ4n) is 2.89. The molecule has 0 saturated heterocycles. The van der Waals surface area contributed by atoms with Crippen LogP contribution in [0.2, 0.25) is 0 Å². The van der Waals surface area contributed by atoms with Crippen LogP contribution in [0.3, 0.4) is 0 Å². The molecule has 4 rings (SSSR count). The number of hydrogen-bond donors (Lipinski definition) is 0. The molecule has 0 aliphatic carbocycles. The number of benzene rings is 3. The van der Waals surface area contributed by atoms with E-state index in [2.05, 4.69) is 0 Å². The average molecular weight is 324 g/mol. The fourth-order valence-corrected chi connectivity index (χ4v) is 2.89. The van der Waals surface area contributed by atoms with Gasteiger partial charge in [-0.1, -0.05) is 78.9 Å². The molecule has 0 aliphatic heterocycles. The Balaban J connectivity index is 1.99. The van der Waals surface area contributed by atoms with E-state index in [-0.39, 0.29) is 0 Å². The van der Waals surface area contributed by atoms with Crippen LogP contribution in [0.5, 0.6) is 0 Å². The summed E-state index contributed by atoms with van der Waals surface area (Å²) in [5.74, 6) is 0. The fraction of sp³-hybridized carbons (Fsp3) is 0. The van der Waals surface area contributed by atoms with Crippen molar-refractivity contribution in [1.29, 1.82) is 0 Å². The Labute approximate surface area is 146 Å². The number of nitrogens with zero attached hydrogens (tertiary/aromatic N) is 2. The van der Waals surface area contributed by atoms with E-state index in [0.29, 0.717) is 17.1 Å². The topological polar surface area (TPSA) is 39.8 Å². The lowest BCUT2D eigenvalue weighted by Gasteiger charge is -2.12. The molecule has 0 aliphatic rings. The van der Waals surface area contributed by atoms with E-state index in [9.17, 15) is 5.21 Å². The summed E-state index contributed by atoms with van der Waals surface area (Å²) in [5, 5.41) is 12.9. The number of hydrogen-bond acceptors (Lipinski definition) is 2. The van der Waals surface area contributed by atoms with Crippen molar-refractivity contribution in [2.75, 3.05) is 0 Å². The molecule has 0 N–H and O–H groups in total. The van der Waals surface area contributed by atoms with Gasteiger partial charge in [0.1, 0.15) is 11.4 Å². The Bertz CT molecular complexity index is 984. The van der Waals surface area contributed by atoms with Gasteiger partial charge in [0.15, 0.2) is 0 Å². The van der Waals surface area contributed by atoms with Crippen molar-refractivity contribution in [3.8, 4) is 33.8 Å². The molecule has 0 radical (unpaired) electrons. The molecule has 120 valence electrons. The van der Waals surface area contributed by atoms with Gasteiger partial charge in [-0.15, -0.1) is 0 Å². The summed E-state index contributed by atoms with van der Waals surface area (Å²) < 4.78 is 0.924. The quantitative estimate of drug-likeness (QED) is 0.404. The van der Waals surface area contributed by atoms with Crippen molar-refractivity contribution in [1.82, 2.24) is 4.98 Å². The highest BCUT2D eigenvalue weighted by Gasteiger charge is 2.20. The lowest BCUT2D eigenvalue weighted by molar-refractivity contribution is -0.593. The zero-order chi connectivity index (χ0) is 17.1. The number of rotatable bonds is 3. The van der Waals surface area contributed by atoms with Crippen LogP contribution < -0.4 is 4.73 Å². The predicted molar refractivity (Wildman–Crippen MR) is 99.5 cm³/mol. The summed E-state index contributed by atoms with van der Waals surface area (Å²) in [4.78, 5) is 4.83. The third-order valence-electron chi connectivity index (χ3n) is 4.08. The maximum atomic E-state index is 12.9. The highest BCUT2D eigenvalue weighted by atomic mass is 16.5. The molecule has 0 amide bonds. The van der Waals surface area contributed by atoms with Gasteiger partial charge >= 0.3 is 0 Å². The molecule has 0 spiro atoms. The maximum absolute atomic E-state index is 12.9. The van der Waals surface area contributed by atoms with E-state index in [1.165, 1.54) is 0 Å². The summed E-state index contributed by atoms with van der Waals surface area (Å²) in [5.41, 5.74) is 4.60. The first kappa shape index (κ1) is 15.1. The molecule has 0 unspecified atom stereocenters. The van der Waals surface area contributed by atoms with Gasteiger partial charge < -0.3 is 5.21 Å². The summed E-state index contributed by atoms with van der Waals surface area (Å²) in [7, 11) is 0. The number of aromatic nitrogens is 2. The summed E-state index contributed by atoms with van der Waals surface area (Å²) >= 11 is 0. The molecule has 4 aromatic rings. The SMILES string of the molecule is [O-][n+]1cc(-c2ccccc2)nc(-c2ccccc2)c1-c1ccccc1. The molecule has 0 saturated carbocycles. The normalized spacial score (nSPS) is 10.6. The minimum absolute atomic E-state index is 0.562. The summed E-state index contributed by atoms with van der Waals surface area (Å²) in [6.07, 6.45) is 1.55. The molecule has 0 atom stereocenters. The first-order valence-electron chi connectivity index (χ1n) is 8.13. The Hall–Kier alpha value is -3.46. The van der Waals surface area contributed by atoms with Gasteiger partial charge in [0, 0.05) is 16.7 Å². The largest absolute Gasteiger partial charge is 0.618 e. The van der Waals surface area contributed by atoms with Crippen LogP contribution in [0.25, 0.3) is 33.8 Å². The van der Waals surface area contributed by atoms with Crippen LogP contribution in [-0.4, -0.2) is 4.98 Å². The third kappa shape index (κ3) is 3.00. The van der Waals surface area contributed by atoms with E-state index in [1.54, 1.807) is 6.20 Å². The van der Waals surface area contributed by atoms with Gasteiger partial charge in [0.2, 0.25) is 11.9 Å². The highest BCUT2D eigenvalue weighted by Crippen LogP contribution is 2.29. The van der Waals surface area contributed by atoms with Crippen molar-refractivity contribution < 1.29 is 4.73 Å². The lowest BCUT2D eigenvalue weighted by Crippen LogP contribution is -2.30. The van der Waals surface area contributed by atoms with E-state index >= 15 is 0 Å². The predicted octanol–water partition coefficient (Wildman–Crippen LogP) is 4.72. The molecular weight excluding hydrogens is 308 g/mol. The van der Waals surface area contributed by atoms with Gasteiger partial charge in [-0.2, -0.15) is 4.73 Å². The lowest BCUT2D eigenvalue weighted by atomic mass is 10.0. The highest BCUT2D eigenvalue weighted by molar-refractivity contribution is 5.77. The van der Waals surface area contributed by atoms with Gasteiger partial charge in [-0.3, -0.25) is 0 Å². The molecule has 0 fully saturated rings. The van der Waals surface area contributed by atoms with Gasteiger partial charge in [-0.05, 0) is 12.1 Å².